The number of aryl methyl sites for hydroxylation is 1. The molecule has 2 atom stereocenters. The second-order valence-electron chi connectivity index (χ2n) is 6.21. The van der Waals surface area contributed by atoms with Gasteiger partial charge in [-0.3, -0.25) is 14.9 Å². The fraction of sp³-hybridized carbons (Fsp3) is 0.333. The Hall–Kier alpha value is -3.18. The van der Waals surface area contributed by atoms with Crippen LogP contribution in [0.2, 0.25) is 0 Å². The molecular weight excluding hydrogens is 332 g/mol. The summed E-state index contributed by atoms with van der Waals surface area (Å²) in [5.41, 5.74) is 1.50. The first kappa shape index (κ1) is 17.6. The third-order valence-corrected chi connectivity index (χ3v) is 4.21. The maximum absolute atomic E-state index is 12.5. The van der Waals surface area contributed by atoms with Crippen molar-refractivity contribution < 1.29 is 9.59 Å². The van der Waals surface area contributed by atoms with Crippen LogP contribution in [-0.2, 0) is 4.79 Å². The first-order valence-corrected chi connectivity index (χ1v) is 8.43. The molecule has 0 radical (unpaired) electrons. The molecule has 0 aliphatic carbocycles. The van der Waals surface area contributed by atoms with Gasteiger partial charge in [-0.1, -0.05) is 13.0 Å². The molecule has 8 heteroatoms. The predicted octanol–water partition coefficient (Wildman–Crippen LogP) is 1.66. The quantitative estimate of drug-likeness (QED) is 0.775. The van der Waals surface area contributed by atoms with Crippen LogP contribution in [0.4, 0.5) is 5.82 Å². The summed E-state index contributed by atoms with van der Waals surface area (Å²) in [4.78, 5) is 24.5. The van der Waals surface area contributed by atoms with Crippen molar-refractivity contribution in [3.05, 3.63) is 47.2 Å². The van der Waals surface area contributed by atoms with Gasteiger partial charge in [0, 0.05) is 24.1 Å². The van der Waals surface area contributed by atoms with Gasteiger partial charge in [0.1, 0.15) is 5.82 Å². The number of carbonyl (C=O) groups excluding carboxylic acids is 2. The van der Waals surface area contributed by atoms with E-state index < -0.39 is 6.29 Å². The van der Waals surface area contributed by atoms with E-state index in [4.69, 9.17) is 5.26 Å². The van der Waals surface area contributed by atoms with E-state index in [1.165, 1.54) is 6.07 Å². The molecule has 134 valence electrons. The van der Waals surface area contributed by atoms with E-state index in [0.717, 1.165) is 6.42 Å². The van der Waals surface area contributed by atoms with Crippen molar-refractivity contribution >= 4 is 17.6 Å². The van der Waals surface area contributed by atoms with Crippen molar-refractivity contribution in [3.63, 3.8) is 0 Å². The summed E-state index contributed by atoms with van der Waals surface area (Å²) in [7, 11) is 0. The van der Waals surface area contributed by atoms with Gasteiger partial charge < -0.3 is 10.6 Å². The number of aromatic nitrogens is 2. The number of rotatable bonds is 4. The largest absolute Gasteiger partial charge is 0.322 e. The summed E-state index contributed by atoms with van der Waals surface area (Å²) in [6, 6.07) is 10.3. The molecule has 0 bridgehead atoms. The Balaban J connectivity index is 1.84. The molecule has 8 nitrogen and oxygen atoms in total. The molecule has 2 heterocycles. The van der Waals surface area contributed by atoms with Gasteiger partial charge >= 0.3 is 0 Å². The number of amides is 2. The van der Waals surface area contributed by atoms with Crippen LogP contribution in [0.15, 0.2) is 30.3 Å². The molecule has 1 aromatic heterocycles. The minimum absolute atomic E-state index is 0.0501. The van der Waals surface area contributed by atoms with E-state index in [1.807, 2.05) is 19.9 Å². The highest BCUT2D eigenvalue weighted by Crippen LogP contribution is 2.19. The molecule has 3 rings (SSSR count). The molecule has 26 heavy (non-hydrogen) atoms. The van der Waals surface area contributed by atoms with Crippen molar-refractivity contribution in [1.82, 2.24) is 20.4 Å². The van der Waals surface area contributed by atoms with Crippen LogP contribution in [0.25, 0.3) is 0 Å². The molecule has 1 aliphatic rings. The van der Waals surface area contributed by atoms with Gasteiger partial charge in [-0.25, -0.2) is 4.68 Å². The van der Waals surface area contributed by atoms with Crippen LogP contribution in [0.5, 0.6) is 0 Å². The van der Waals surface area contributed by atoms with Crippen molar-refractivity contribution in [2.24, 2.45) is 0 Å². The molecule has 1 aromatic carbocycles. The van der Waals surface area contributed by atoms with Crippen molar-refractivity contribution in [2.45, 2.75) is 39.0 Å². The van der Waals surface area contributed by atoms with Crippen LogP contribution < -0.4 is 16.0 Å². The molecule has 3 N–H and O–H groups in total. The molecule has 1 saturated heterocycles. The van der Waals surface area contributed by atoms with Crippen molar-refractivity contribution in [2.75, 3.05) is 5.32 Å². The normalized spacial score (nSPS) is 19.5. The standard InChI is InChI=1S/C18H20N6O2/c1-3-14-9-16(25)22-18(20-14)24-15(7-11(2)23-24)21-17(26)13-6-4-5-12(8-13)10-19/h4-8,14,18,20H,3,9H2,1-2H3,(H,21,26)(H,22,25). The average molecular weight is 352 g/mol. The summed E-state index contributed by atoms with van der Waals surface area (Å²) in [5.74, 6) is 0.0505. The first-order valence-electron chi connectivity index (χ1n) is 8.43. The lowest BCUT2D eigenvalue weighted by Crippen LogP contribution is -2.53. The molecule has 2 aromatic rings. The summed E-state index contributed by atoms with van der Waals surface area (Å²) >= 11 is 0. The molecule has 0 saturated carbocycles. The fourth-order valence-electron chi connectivity index (χ4n) is 2.88. The number of nitrogens with zero attached hydrogens (tertiary/aromatic N) is 3. The van der Waals surface area contributed by atoms with E-state index in [-0.39, 0.29) is 17.9 Å². The van der Waals surface area contributed by atoms with Crippen LogP contribution >= 0.6 is 0 Å². The maximum Gasteiger partial charge on any atom is 0.256 e. The Morgan fingerprint density at radius 1 is 1.46 bits per heavy atom. The minimum atomic E-state index is -0.532. The SMILES string of the molecule is CCC1CC(=O)NC(n2nc(C)cc2NC(=O)c2cccc(C#N)c2)N1. The van der Waals surface area contributed by atoms with E-state index in [0.29, 0.717) is 29.1 Å². The van der Waals surface area contributed by atoms with Gasteiger partial charge in [-0.2, -0.15) is 10.4 Å². The molecule has 2 unspecified atom stereocenters. The summed E-state index contributed by atoms with van der Waals surface area (Å²) in [6.45, 7) is 3.82. The molecule has 1 fully saturated rings. The predicted molar refractivity (Wildman–Crippen MR) is 95.1 cm³/mol. The number of hydrogen-bond acceptors (Lipinski definition) is 5. The van der Waals surface area contributed by atoms with E-state index in [9.17, 15) is 9.59 Å². The Kier molecular flexibility index (Phi) is 5.00. The third kappa shape index (κ3) is 3.73. The number of nitriles is 1. The lowest BCUT2D eigenvalue weighted by Gasteiger charge is -2.31. The van der Waals surface area contributed by atoms with Crippen LogP contribution in [0.3, 0.4) is 0 Å². The van der Waals surface area contributed by atoms with Gasteiger partial charge in [0.15, 0.2) is 6.29 Å². The summed E-state index contributed by atoms with van der Waals surface area (Å²) in [6.07, 6.45) is 0.693. The van der Waals surface area contributed by atoms with E-state index in [1.54, 1.807) is 28.9 Å². The highest BCUT2D eigenvalue weighted by atomic mass is 16.2. The van der Waals surface area contributed by atoms with Crippen molar-refractivity contribution in [3.8, 4) is 6.07 Å². The van der Waals surface area contributed by atoms with E-state index >= 15 is 0 Å². The zero-order valence-electron chi connectivity index (χ0n) is 14.6. The molecule has 1 aliphatic heterocycles. The Labute approximate surface area is 151 Å². The highest BCUT2D eigenvalue weighted by Gasteiger charge is 2.28. The Bertz CT molecular complexity index is 882. The zero-order chi connectivity index (χ0) is 18.7. The lowest BCUT2D eigenvalue weighted by atomic mass is 10.1. The van der Waals surface area contributed by atoms with Gasteiger partial charge in [0.2, 0.25) is 5.91 Å². The highest BCUT2D eigenvalue weighted by molar-refractivity contribution is 6.04. The van der Waals surface area contributed by atoms with Gasteiger partial charge in [-0.05, 0) is 31.5 Å². The first-order chi connectivity index (χ1) is 12.5. The number of hydrogen-bond donors (Lipinski definition) is 3. The van der Waals surface area contributed by atoms with E-state index in [2.05, 4.69) is 21.0 Å². The summed E-state index contributed by atoms with van der Waals surface area (Å²) in [5, 5.41) is 22.3. The maximum atomic E-state index is 12.5. The smallest absolute Gasteiger partial charge is 0.256 e. The Morgan fingerprint density at radius 2 is 2.27 bits per heavy atom. The van der Waals surface area contributed by atoms with Gasteiger partial charge in [-0.15, -0.1) is 0 Å². The Morgan fingerprint density at radius 3 is 3.00 bits per heavy atom. The second kappa shape index (κ2) is 7.37. The monoisotopic (exact) mass is 352 g/mol. The number of benzene rings is 1. The fourth-order valence-corrected chi connectivity index (χ4v) is 2.88. The lowest BCUT2D eigenvalue weighted by molar-refractivity contribution is -0.125. The zero-order valence-corrected chi connectivity index (χ0v) is 14.6. The van der Waals surface area contributed by atoms with Crippen LogP contribution in [0.1, 0.15) is 47.7 Å². The van der Waals surface area contributed by atoms with Crippen LogP contribution in [-0.4, -0.2) is 27.6 Å². The average Bonchev–Trinajstić information content (AvgIpc) is 3.01. The number of anilines is 1. The van der Waals surface area contributed by atoms with Crippen LogP contribution in [0, 0.1) is 18.3 Å². The molecule has 2 amide bonds. The topological polar surface area (TPSA) is 112 Å². The summed E-state index contributed by atoms with van der Waals surface area (Å²) < 4.78 is 1.56. The molecular formula is C18H20N6O2. The third-order valence-electron chi connectivity index (χ3n) is 4.21. The second-order valence-corrected chi connectivity index (χ2v) is 6.21. The van der Waals surface area contributed by atoms with Gasteiger partial charge in [0.05, 0.1) is 17.3 Å². The number of nitrogens with one attached hydrogen (secondary N) is 3. The molecule has 0 spiro atoms. The van der Waals surface area contributed by atoms with Gasteiger partial charge in [0.25, 0.3) is 5.91 Å². The minimum Gasteiger partial charge on any atom is -0.322 e. The number of carbonyl (C=O) groups is 2. The van der Waals surface area contributed by atoms with Crippen molar-refractivity contribution in [1.29, 1.82) is 5.26 Å².